The molecule has 152 valence electrons. The fraction of sp³-hybridized carbons (Fsp3) is 0.286. The zero-order valence-electron chi connectivity index (χ0n) is 16.1. The number of para-hydroxylation sites is 1. The van der Waals surface area contributed by atoms with Gasteiger partial charge in [0.15, 0.2) is 0 Å². The molecule has 1 heterocycles. The summed E-state index contributed by atoms with van der Waals surface area (Å²) >= 11 is 0. The van der Waals surface area contributed by atoms with E-state index in [0.717, 1.165) is 0 Å². The predicted octanol–water partition coefficient (Wildman–Crippen LogP) is 2.99. The Bertz CT molecular complexity index is 910. The second-order valence-electron chi connectivity index (χ2n) is 6.49. The fourth-order valence-electron chi connectivity index (χ4n) is 3.04. The number of hydrogen-bond donors (Lipinski definition) is 1. The third kappa shape index (κ3) is 4.90. The van der Waals surface area contributed by atoms with Crippen LogP contribution in [0, 0.1) is 5.82 Å². The largest absolute Gasteiger partial charge is 0.450 e. The maximum Gasteiger partial charge on any atom is 0.409 e. The molecule has 0 aromatic heterocycles. The molecule has 1 saturated heterocycles. The maximum atomic E-state index is 13.7. The Labute approximate surface area is 168 Å². The van der Waals surface area contributed by atoms with Crippen LogP contribution in [0.4, 0.5) is 14.9 Å². The number of carbonyl (C=O) groups excluding carboxylic acids is 3. The number of amides is 3. The number of rotatable bonds is 4. The number of benzene rings is 2. The van der Waals surface area contributed by atoms with Gasteiger partial charge in [-0.2, -0.15) is 0 Å². The van der Waals surface area contributed by atoms with Crippen LogP contribution >= 0.6 is 0 Å². The molecule has 7 nitrogen and oxygen atoms in total. The maximum absolute atomic E-state index is 13.7. The Hall–Kier alpha value is -3.42. The van der Waals surface area contributed by atoms with Crippen molar-refractivity contribution in [3.63, 3.8) is 0 Å². The number of halogens is 1. The molecular weight excluding hydrogens is 377 g/mol. The van der Waals surface area contributed by atoms with Crippen LogP contribution < -0.4 is 5.32 Å². The highest BCUT2D eigenvalue weighted by molar-refractivity contribution is 6.06. The van der Waals surface area contributed by atoms with Gasteiger partial charge < -0.3 is 19.9 Å². The summed E-state index contributed by atoms with van der Waals surface area (Å²) < 4.78 is 18.7. The van der Waals surface area contributed by atoms with Crippen LogP contribution in [0.25, 0.3) is 0 Å². The molecule has 0 unspecified atom stereocenters. The molecule has 0 saturated carbocycles. The van der Waals surface area contributed by atoms with Gasteiger partial charge >= 0.3 is 6.09 Å². The molecular formula is C21H22FN3O4. The first-order valence-corrected chi connectivity index (χ1v) is 9.36. The minimum atomic E-state index is -0.535. The predicted molar refractivity (Wildman–Crippen MR) is 105 cm³/mol. The molecule has 0 bridgehead atoms. The summed E-state index contributed by atoms with van der Waals surface area (Å²) in [5.74, 6) is -1.27. The third-order valence-corrected chi connectivity index (χ3v) is 4.59. The van der Waals surface area contributed by atoms with Crippen LogP contribution in [-0.2, 0) is 4.74 Å². The van der Waals surface area contributed by atoms with Crippen molar-refractivity contribution < 1.29 is 23.5 Å². The lowest BCUT2D eigenvalue weighted by Gasteiger charge is -2.34. The lowest BCUT2D eigenvalue weighted by Crippen LogP contribution is -2.50. The highest BCUT2D eigenvalue weighted by Gasteiger charge is 2.25. The summed E-state index contributed by atoms with van der Waals surface area (Å²) in [6, 6.07) is 12.2. The number of carbonyl (C=O) groups is 3. The summed E-state index contributed by atoms with van der Waals surface area (Å²) in [5, 5.41) is 2.51. The van der Waals surface area contributed by atoms with E-state index in [0.29, 0.717) is 38.3 Å². The van der Waals surface area contributed by atoms with E-state index in [1.807, 2.05) is 0 Å². The van der Waals surface area contributed by atoms with E-state index in [1.54, 1.807) is 41.0 Å². The number of piperazine rings is 1. The third-order valence-electron chi connectivity index (χ3n) is 4.59. The van der Waals surface area contributed by atoms with Crippen LogP contribution in [0.15, 0.2) is 48.5 Å². The van der Waals surface area contributed by atoms with Gasteiger partial charge in [-0.3, -0.25) is 9.59 Å². The van der Waals surface area contributed by atoms with E-state index < -0.39 is 11.7 Å². The first kappa shape index (κ1) is 20.3. The molecule has 1 N–H and O–H groups in total. The van der Waals surface area contributed by atoms with E-state index in [4.69, 9.17) is 4.74 Å². The molecule has 2 aromatic carbocycles. The molecule has 1 aliphatic heterocycles. The van der Waals surface area contributed by atoms with Crippen LogP contribution in [0.1, 0.15) is 27.6 Å². The Balaban J connectivity index is 1.65. The van der Waals surface area contributed by atoms with E-state index >= 15 is 0 Å². The first-order valence-electron chi connectivity index (χ1n) is 9.36. The van der Waals surface area contributed by atoms with Gasteiger partial charge in [0.25, 0.3) is 11.8 Å². The van der Waals surface area contributed by atoms with Gasteiger partial charge in [0.05, 0.1) is 12.3 Å². The summed E-state index contributed by atoms with van der Waals surface area (Å²) in [5.41, 5.74) is 0.685. The molecule has 1 aliphatic rings. The van der Waals surface area contributed by atoms with Crippen molar-refractivity contribution in [1.29, 1.82) is 0 Å². The van der Waals surface area contributed by atoms with Gasteiger partial charge in [0, 0.05) is 37.3 Å². The highest BCUT2D eigenvalue weighted by Crippen LogP contribution is 2.16. The average molecular weight is 399 g/mol. The smallest absolute Gasteiger partial charge is 0.409 e. The zero-order valence-corrected chi connectivity index (χ0v) is 16.1. The minimum absolute atomic E-state index is 0.0734. The summed E-state index contributed by atoms with van der Waals surface area (Å²) in [7, 11) is 0. The topological polar surface area (TPSA) is 79.0 Å². The van der Waals surface area contributed by atoms with Gasteiger partial charge in [-0.05, 0) is 37.3 Å². The number of nitrogens with one attached hydrogen (secondary N) is 1. The first-order chi connectivity index (χ1) is 14.0. The van der Waals surface area contributed by atoms with Crippen LogP contribution in [0.2, 0.25) is 0 Å². The molecule has 3 rings (SSSR count). The minimum Gasteiger partial charge on any atom is -0.450 e. The van der Waals surface area contributed by atoms with Crippen molar-refractivity contribution in [1.82, 2.24) is 9.80 Å². The van der Waals surface area contributed by atoms with Crippen molar-refractivity contribution in [3.05, 3.63) is 65.5 Å². The molecule has 0 atom stereocenters. The van der Waals surface area contributed by atoms with Crippen molar-refractivity contribution >= 4 is 23.6 Å². The standard InChI is InChI=1S/C21H22FN3O4/c1-2-29-21(28)25-12-10-24(11-13-25)20(27)16-7-5-6-15(14-16)19(26)23-18-9-4-3-8-17(18)22/h3-9,14H,2,10-13H2,1H3,(H,23,26). The average Bonchev–Trinajstić information content (AvgIpc) is 2.75. The highest BCUT2D eigenvalue weighted by atomic mass is 19.1. The lowest BCUT2D eigenvalue weighted by atomic mass is 10.1. The number of hydrogen-bond acceptors (Lipinski definition) is 4. The Morgan fingerprint density at radius 3 is 2.31 bits per heavy atom. The quantitative estimate of drug-likeness (QED) is 0.857. The SMILES string of the molecule is CCOC(=O)N1CCN(C(=O)c2cccc(C(=O)Nc3ccccc3F)c2)CC1. The lowest BCUT2D eigenvalue weighted by molar-refractivity contribution is 0.0570. The molecule has 1 fully saturated rings. The molecule has 2 aromatic rings. The number of anilines is 1. The van der Waals surface area contributed by atoms with Crippen LogP contribution in [0.3, 0.4) is 0 Å². The van der Waals surface area contributed by atoms with Crippen molar-refractivity contribution in [2.24, 2.45) is 0 Å². The summed E-state index contributed by atoms with van der Waals surface area (Å²) in [6.45, 7) is 3.58. The molecule has 3 amide bonds. The molecule has 0 radical (unpaired) electrons. The van der Waals surface area contributed by atoms with E-state index in [-0.39, 0.29) is 23.3 Å². The van der Waals surface area contributed by atoms with Crippen LogP contribution in [-0.4, -0.2) is 60.5 Å². The Morgan fingerprint density at radius 1 is 0.966 bits per heavy atom. The van der Waals surface area contributed by atoms with Gasteiger partial charge in [0.2, 0.25) is 0 Å². The monoisotopic (exact) mass is 399 g/mol. The normalized spacial score (nSPS) is 13.7. The second kappa shape index (κ2) is 9.18. The molecule has 8 heteroatoms. The zero-order chi connectivity index (χ0) is 20.8. The summed E-state index contributed by atoms with van der Waals surface area (Å²) in [6.07, 6.45) is -0.383. The van der Waals surface area contributed by atoms with Gasteiger partial charge in [0.1, 0.15) is 5.82 Å². The van der Waals surface area contributed by atoms with Crippen molar-refractivity contribution in [2.75, 3.05) is 38.1 Å². The van der Waals surface area contributed by atoms with Gasteiger partial charge in [-0.25, -0.2) is 9.18 Å². The molecule has 0 aliphatic carbocycles. The summed E-state index contributed by atoms with van der Waals surface area (Å²) in [4.78, 5) is 40.2. The van der Waals surface area contributed by atoms with Crippen molar-refractivity contribution in [2.45, 2.75) is 6.92 Å². The van der Waals surface area contributed by atoms with E-state index in [9.17, 15) is 18.8 Å². The van der Waals surface area contributed by atoms with Gasteiger partial charge in [-0.15, -0.1) is 0 Å². The van der Waals surface area contributed by atoms with E-state index in [1.165, 1.54) is 24.3 Å². The number of ether oxygens (including phenoxy) is 1. The van der Waals surface area contributed by atoms with Crippen molar-refractivity contribution in [3.8, 4) is 0 Å². The van der Waals surface area contributed by atoms with Crippen LogP contribution in [0.5, 0.6) is 0 Å². The second-order valence-corrected chi connectivity index (χ2v) is 6.49. The molecule has 29 heavy (non-hydrogen) atoms. The van der Waals surface area contributed by atoms with Gasteiger partial charge in [-0.1, -0.05) is 18.2 Å². The Kier molecular flexibility index (Phi) is 6.43. The van der Waals surface area contributed by atoms with E-state index in [2.05, 4.69) is 5.32 Å². The Morgan fingerprint density at radius 2 is 1.62 bits per heavy atom. The molecule has 0 spiro atoms. The fourth-order valence-corrected chi connectivity index (χ4v) is 3.04. The number of nitrogens with zero attached hydrogens (tertiary/aromatic N) is 2.